The van der Waals surface area contributed by atoms with Crippen molar-refractivity contribution in [2.45, 2.75) is 40.2 Å². The summed E-state index contributed by atoms with van der Waals surface area (Å²) in [5.41, 5.74) is 7.30. The van der Waals surface area contributed by atoms with Gasteiger partial charge in [0.15, 0.2) is 5.69 Å². The predicted octanol–water partition coefficient (Wildman–Crippen LogP) is 4.85. The fourth-order valence-electron chi connectivity index (χ4n) is 5.07. The van der Waals surface area contributed by atoms with Crippen molar-refractivity contribution < 1.29 is 14.4 Å². The molecule has 1 unspecified atom stereocenters. The van der Waals surface area contributed by atoms with Crippen LogP contribution in [0.4, 0.5) is 0 Å². The maximum absolute atomic E-state index is 11.2. The van der Waals surface area contributed by atoms with Gasteiger partial charge in [0.2, 0.25) is 5.82 Å². The first-order valence-corrected chi connectivity index (χ1v) is 12.5. The molecule has 1 N–H and O–H groups in total. The largest absolute Gasteiger partial charge is 0.481 e. The van der Waals surface area contributed by atoms with Crippen molar-refractivity contribution in [1.82, 2.24) is 24.8 Å². The number of hydrogen-bond donors (Lipinski definition) is 1. The van der Waals surface area contributed by atoms with Gasteiger partial charge in [-0.1, -0.05) is 35.5 Å². The van der Waals surface area contributed by atoms with Crippen LogP contribution in [0.3, 0.4) is 0 Å². The van der Waals surface area contributed by atoms with E-state index in [1.54, 1.807) is 0 Å². The zero-order valence-corrected chi connectivity index (χ0v) is 20.9. The molecule has 0 spiro atoms. The van der Waals surface area contributed by atoms with Crippen molar-refractivity contribution in [2.75, 3.05) is 19.6 Å². The van der Waals surface area contributed by atoms with Gasteiger partial charge in [-0.25, -0.2) is 0 Å². The average molecular weight is 486 g/mol. The van der Waals surface area contributed by atoms with Crippen molar-refractivity contribution in [1.29, 1.82) is 0 Å². The molecule has 1 fully saturated rings. The summed E-state index contributed by atoms with van der Waals surface area (Å²) in [6, 6.07) is 16.3. The molecule has 1 aliphatic rings. The molecule has 0 aliphatic carbocycles. The second-order valence-corrected chi connectivity index (χ2v) is 9.48. The maximum atomic E-state index is 11.2. The molecule has 1 saturated heterocycles. The van der Waals surface area contributed by atoms with E-state index in [2.05, 4.69) is 65.2 Å². The first kappa shape index (κ1) is 23.9. The summed E-state index contributed by atoms with van der Waals surface area (Å²) in [7, 11) is 0. The first-order valence-electron chi connectivity index (χ1n) is 12.5. The van der Waals surface area contributed by atoms with Gasteiger partial charge in [-0.2, -0.15) is 10.1 Å². The van der Waals surface area contributed by atoms with Gasteiger partial charge in [-0.3, -0.25) is 9.48 Å². The quantitative estimate of drug-likeness (QED) is 0.381. The minimum Gasteiger partial charge on any atom is -0.481 e. The van der Waals surface area contributed by atoms with Crippen molar-refractivity contribution in [3.63, 3.8) is 0 Å². The van der Waals surface area contributed by atoms with Gasteiger partial charge in [-0.05, 0) is 80.6 Å². The van der Waals surface area contributed by atoms with E-state index in [0.717, 1.165) is 49.3 Å². The van der Waals surface area contributed by atoms with Gasteiger partial charge in [-0.15, -0.1) is 0 Å². The number of benzene rings is 2. The van der Waals surface area contributed by atoms with Crippen LogP contribution < -0.4 is 0 Å². The zero-order valence-electron chi connectivity index (χ0n) is 20.9. The Labute approximate surface area is 210 Å². The molecule has 2 aromatic carbocycles. The molecule has 3 heterocycles. The Balaban J connectivity index is 1.33. The van der Waals surface area contributed by atoms with Crippen LogP contribution in [0, 0.1) is 19.8 Å². The normalized spacial score (nSPS) is 16.0. The van der Waals surface area contributed by atoms with E-state index in [-0.39, 0.29) is 5.92 Å². The highest BCUT2D eigenvalue weighted by molar-refractivity contribution is 5.70. The number of aliphatic carboxylic acids is 1. The Morgan fingerprint density at radius 3 is 2.53 bits per heavy atom. The molecular formula is C28H31N5O3. The van der Waals surface area contributed by atoms with Gasteiger partial charge in [0, 0.05) is 25.2 Å². The van der Waals surface area contributed by atoms with Crippen molar-refractivity contribution in [3.8, 4) is 34.2 Å². The molecule has 0 bridgehead atoms. The molecule has 0 radical (unpaired) electrons. The summed E-state index contributed by atoms with van der Waals surface area (Å²) < 4.78 is 7.56. The third-order valence-corrected chi connectivity index (χ3v) is 7.05. The number of aromatic nitrogens is 4. The van der Waals surface area contributed by atoms with Crippen LogP contribution >= 0.6 is 0 Å². The molecule has 8 nitrogen and oxygen atoms in total. The summed E-state index contributed by atoms with van der Waals surface area (Å²) in [5.74, 6) is 0.00984. The standard InChI is InChI=1S/C28H31N5O3/c1-4-33-25(20-8-6-5-7-9-20)16-24(30-33)27-29-26(31-36-27)22-14-18(2)23(19(3)15-22)11-13-32-12-10-21(17-32)28(34)35/h5-9,14-16,21H,4,10-13,17H2,1-3H3,(H,34,35). The van der Waals surface area contributed by atoms with Crippen LogP contribution in [0.1, 0.15) is 30.0 Å². The van der Waals surface area contributed by atoms with Crippen molar-refractivity contribution in [2.24, 2.45) is 5.92 Å². The van der Waals surface area contributed by atoms with E-state index < -0.39 is 5.97 Å². The molecule has 186 valence electrons. The molecule has 1 aliphatic heterocycles. The summed E-state index contributed by atoms with van der Waals surface area (Å²) in [6.07, 6.45) is 1.62. The lowest BCUT2D eigenvalue weighted by atomic mass is 9.96. The Morgan fingerprint density at radius 2 is 1.86 bits per heavy atom. The lowest BCUT2D eigenvalue weighted by Crippen LogP contribution is -2.25. The highest BCUT2D eigenvalue weighted by Crippen LogP contribution is 2.29. The number of nitrogens with zero attached hydrogens (tertiary/aromatic N) is 5. The van der Waals surface area contributed by atoms with Crippen LogP contribution in [0.2, 0.25) is 0 Å². The Morgan fingerprint density at radius 1 is 1.11 bits per heavy atom. The molecule has 4 aromatic rings. The molecule has 2 aromatic heterocycles. The van der Waals surface area contributed by atoms with Crippen LogP contribution in [0.5, 0.6) is 0 Å². The van der Waals surface area contributed by atoms with Crippen LogP contribution in [-0.4, -0.2) is 55.5 Å². The minimum absolute atomic E-state index is 0.241. The molecule has 1 atom stereocenters. The second-order valence-electron chi connectivity index (χ2n) is 9.48. The molecule has 0 saturated carbocycles. The second kappa shape index (κ2) is 10.1. The smallest absolute Gasteiger partial charge is 0.307 e. The molecule has 8 heteroatoms. The van der Waals surface area contributed by atoms with Gasteiger partial charge in [0.25, 0.3) is 5.89 Å². The number of likely N-dealkylation sites (tertiary alicyclic amines) is 1. The van der Waals surface area contributed by atoms with Crippen molar-refractivity contribution >= 4 is 5.97 Å². The van der Waals surface area contributed by atoms with E-state index in [1.807, 2.05) is 28.9 Å². The van der Waals surface area contributed by atoms with Crippen LogP contribution in [0.25, 0.3) is 34.2 Å². The topological polar surface area (TPSA) is 97.3 Å². The van der Waals surface area contributed by atoms with Crippen molar-refractivity contribution in [3.05, 3.63) is 65.2 Å². The average Bonchev–Trinajstić information content (AvgIpc) is 3.63. The monoisotopic (exact) mass is 485 g/mol. The Kier molecular flexibility index (Phi) is 6.69. The highest BCUT2D eigenvalue weighted by Gasteiger charge is 2.27. The SMILES string of the molecule is CCn1nc(-c2nc(-c3cc(C)c(CCN4CCC(C(=O)O)C4)c(C)c3)no2)cc1-c1ccccc1. The maximum Gasteiger partial charge on any atom is 0.307 e. The third kappa shape index (κ3) is 4.81. The minimum atomic E-state index is -0.688. The van der Waals surface area contributed by atoms with E-state index in [1.165, 1.54) is 16.7 Å². The highest BCUT2D eigenvalue weighted by atomic mass is 16.5. The summed E-state index contributed by atoms with van der Waals surface area (Å²) in [4.78, 5) is 18.1. The fraction of sp³-hybridized carbons (Fsp3) is 0.357. The first-order chi connectivity index (χ1) is 17.4. The van der Waals surface area contributed by atoms with Gasteiger partial charge >= 0.3 is 5.97 Å². The summed E-state index contributed by atoms with van der Waals surface area (Å²) in [5, 5.41) is 18.2. The number of rotatable bonds is 8. The Bertz CT molecular complexity index is 1350. The molecule has 5 rings (SSSR count). The summed E-state index contributed by atoms with van der Waals surface area (Å²) in [6.45, 7) is 9.34. The van der Waals surface area contributed by atoms with Gasteiger partial charge in [0.1, 0.15) is 0 Å². The van der Waals surface area contributed by atoms with E-state index in [9.17, 15) is 9.90 Å². The van der Waals surface area contributed by atoms with E-state index in [4.69, 9.17) is 4.52 Å². The lowest BCUT2D eigenvalue weighted by Gasteiger charge is -2.17. The van der Waals surface area contributed by atoms with E-state index in [0.29, 0.717) is 24.0 Å². The molecular weight excluding hydrogens is 454 g/mol. The third-order valence-electron chi connectivity index (χ3n) is 7.05. The predicted molar refractivity (Wildman–Crippen MR) is 137 cm³/mol. The number of carboxylic acid groups (broad SMARTS) is 1. The van der Waals surface area contributed by atoms with Gasteiger partial charge in [0.05, 0.1) is 11.6 Å². The zero-order chi connectivity index (χ0) is 25.2. The summed E-state index contributed by atoms with van der Waals surface area (Å²) >= 11 is 0. The molecule has 36 heavy (non-hydrogen) atoms. The Hall–Kier alpha value is -3.78. The number of aryl methyl sites for hydroxylation is 3. The molecule has 0 amide bonds. The lowest BCUT2D eigenvalue weighted by molar-refractivity contribution is -0.141. The number of carboxylic acids is 1. The number of carbonyl (C=O) groups is 1. The van der Waals surface area contributed by atoms with Crippen LogP contribution in [-0.2, 0) is 17.8 Å². The number of hydrogen-bond acceptors (Lipinski definition) is 6. The van der Waals surface area contributed by atoms with Crippen LogP contribution in [0.15, 0.2) is 53.1 Å². The fourth-order valence-corrected chi connectivity index (χ4v) is 5.07. The van der Waals surface area contributed by atoms with E-state index >= 15 is 0 Å². The van der Waals surface area contributed by atoms with Gasteiger partial charge < -0.3 is 14.5 Å².